The fourth-order valence-electron chi connectivity index (χ4n) is 2.47. The van der Waals surface area contributed by atoms with Crippen LogP contribution in [0.3, 0.4) is 0 Å². The van der Waals surface area contributed by atoms with Crippen LogP contribution in [0.4, 0.5) is 5.13 Å². The van der Waals surface area contributed by atoms with E-state index in [1.165, 1.54) is 11.3 Å². The molecule has 4 rings (SSSR count). The van der Waals surface area contributed by atoms with Gasteiger partial charge in [0.2, 0.25) is 5.91 Å². The van der Waals surface area contributed by atoms with Crippen molar-refractivity contribution in [1.29, 1.82) is 0 Å². The Morgan fingerprint density at radius 3 is 2.76 bits per heavy atom. The molecular formula is C17H13N5O2S. The molecule has 25 heavy (non-hydrogen) atoms. The van der Waals surface area contributed by atoms with Crippen LogP contribution in [0.5, 0.6) is 0 Å². The number of hydrogen-bond donors (Lipinski definition) is 3. The predicted octanol–water partition coefficient (Wildman–Crippen LogP) is 2.54. The number of fused-ring (bicyclic) bond motifs is 2. The van der Waals surface area contributed by atoms with Crippen molar-refractivity contribution in [2.75, 3.05) is 11.9 Å². The number of rotatable bonds is 4. The normalized spacial score (nSPS) is 10.9. The van der Waals surface area contributed by atoms with E-state index < -0.39 is 5.91 Å². The third-order valence-electron chi connectivity index (χ3n) is 3.64. The lowest BCUT2D eigenvalue weighted by molar-refractivity contribution is -0.115. The second kappa shape index (κ2) is 6.33. The predicted molar refractivity (Wildman–Crippen MR) is 96.7 cm³/mol. The number of thiazole rings is 1. The average Bonchev–Trinajstić information content (AvgIpc) is 3.23. The standard InChI is InChI=1S/C17H13N5O2S/c23-14(20-17-19-12-7-3-4-8-13(12)25-17)9-18-16(24)15-10-5-1-2-6-11(10)21-22-15/h1-8H,9H2,(H,18,24)(H,21,22)(H,19,20,23). The molecule has 2 amide bonds. The highest BCUT2D eigenvalue weighted by molar-refractivity contribution is 7.22. The Hall–Kier alpha value is -3.26. The van der Waals surface area contributed by atoms with Crippen molar-refractivity contribution in [3.05, 3.63) is 54.2 Å². The number of nitrogens with one attached hydrogen (secondary N) is 3. The lowest BCUT2D eigenvalue weighted by Gasteiger charge is -2.03. The first-order chi connectivity index (χ1) is 12.2. The quantitative estimate of drug-likeness (QED) is 0.526. The van der Waals surface area contributed by atoms with Gasteiger partial charge in [-0.1, -0.05) is 41.7 Å². The number of nitrogens with zero attached hydrogens (tertiary/aromatic N) is 2. The zero-order valence-electron chi connectivity index (χ0n) is 12.9. The van der Waals surface area contributed by atoms with Gasteiger partial charge in [-0.3, -0.25) is 14.7 Å². The molecule has 124 valence electrons. The molecule has 2 aromatic heterocycles. The number of H-pyrrole nitrogens is 1. The number of aromatic nitrogens is 3. The van der Waals surface area contributed by atoms with E-state index in [-0.39, 0.29) is 18.1 Å². The summed E-state index contributed by atoms with van der Waals surface area (Å²) in [6.45, 7) is -0.157. The smallest absolute Gasteiger partial charge is 0.272 e. The number of carbonyl (C=O) groups is 2. The van der Waals surface area contributed by atoms with Crippen molar-refractivity contribution in [1.82, 2.24) is 20.5 Å². The van der Waals surface area contributed by atoms with Gasteiger partial charge in [0.05, 0.1) is 22.3 Å². The number of hydrogen-bond acceptors (Lipinski definition) is 5. The highest BCUT2D eigenvalue weighted by Crippen LogP contribution is 2.25. The van der Waals surface area contributed by atoms with Crippen LogP contribution in [0.25, 0.3) is 21.1 Å². The molecule has 0 bridgehead atoms. The molecule has 3 N–H and O–H groups in total. The summed E-state index contributed by atoms with van der Waals surface area (Å²) in [6.07, 6.45) is 0. The SMILES string of the molecule is O=C(CNC(=O)c1n[nH]c2ccccc12)Nc1nc2ccccc2s1. The van der Waals surface area contributed by atoms with Crippen molar-refractivity contribution >= 4 is 49.4 Å². The minimum absolute atomic E-state index is 0.157. The summed E-state index contributed by atoms with van der Waals surface area (Å²) in [5, 5.41) is 13.3. The Balaban J connectivity index is 1.40. The summed E-state index contributed by atoms with van der Waals surface area (Å²) in [5.74, 6) is -0.746. The first-order valence-corrected chi connectivity index (χ1v) is 8.39. The maximum absolute atomic E-state index is 12.2. The third-order valence-corrected chi connectivity index (χ3v) is 4.59. The molecule has 8 heteroatoms. The summed E-state index contributed by atoms with van der Waals surface area (Å²) in [7, 11) is 0. The van der Waals surface area contributed by atoms with Crippen molar-refractivity contribution in [3.63, 3.8) is 0 Å². The van der Waals surface area contributed by atoms with Gasteiger partial charge in [0.1, 0.15) is 0 Å². The van der Waals surface area contributed by atoms with Crippen molar-refractivity contribution in [2.45, 2.75) is 0 Å². The van der Waals surface area contributed by atoms with E-state index in [4.69, 9.17) is 0 Å². The Morgan fingerprint density at radius 2 is 1.88 bits per heavy atom. The van der Waals surface area contributed by atoms with Crippen molar-refractivity contribution in [3.8, 4) is 0 Å². The molecule has 0 aliphatic carbocycles. The van der Waals surface area contributed by atoms with Crippen LogP contribution in [0.1, 0.15) is 10.5 Å². The van der Waals surface area contributed by atoms with E-state index in [9.17, 15) is 9.59 Å². The topological polar surface area (TPSA) is 99.8 Å². The molecule has 4 aromatic rings. The average molecular weight is 351 g/mol. The highest BCUT2D eigenvalue weighted by atomic mass is 32.1. The van der Waals surface area contributed by atoms with E-state index in [0.29, 0.717) is 10.5 Å². The van der Waals surface area contributed by atoms with Gasteiger partial charge >= 0.3 is 0 Å². The zero-order valence-corrected chi connectivity index (χ0v) is 13.8. The lowest BCUT2D eigenvalue weighted by atomic mass is 10.2. The van der Waals surface area contributed by atoms with Gasteiger partial charge in [-0.15, -0.1) is 0 Å². The molecule has 2 heterocycles. The second-order valence-electron chi connectivity index (χ2n) is 5.34. The number of amides is 2. The molecule has 0 spiro atoms. The Labute approximate surface area is 146 Å². The van der Waals surface area contributed by atoms with Gasteiger partial charge in [-0.05, 0) is 18.2 Å². The van der Waals surface area contributed by atoms with Crippen LogP contribution < -0.4 is 10.6 Å². The minimum atomic E-state index is -0.406. The van der Waals surface area contributed by atoms with Crippen LogP contribution in [0, 0.1) is 0 Å². The van der Waals surface area contributed by atoms with Gasteiger partial charge in [-0.2, -0.15) is 5.10 Å². The van der Waals surface area contributed by atoms with Gasteiger partial charge in [-0.25, -0.2) is 4.98 Å². The largest absolute Gasteiger partial charge is 0.342 e. The number of para-hydroxylation sites is 2. The van der Waals surface area contributed by atoms with Crippen molar-refractivity contribution in [2.24, 2.45) is 0 Å². The fourth-order valence-corrected chi connectivity index (χ4v) is 3.35. The summed E-state index contributed by atoms with van der Waals surface area (Å²) >= 11 is 1.39. The lowest BCUT2D eigenvalue weighted by Crippen LogP contribution is -2.33. The molecule has 0 atom stereocenters. The van der Waals surface area contributed by atoms with Gasteiger partial charge in [0, 0.05) is 5.39 Å². The summed E-state index contributed by atoms with van der Waals surface area (Å²) in [6, 6.07) is 14.9. The Morgan fingerprint density at radius 1 is 1.08 bits per heavy atom. The van der Waals surface area contributed by atoms with E-state index in [1.54, 1.807) is 6.07 Å². The second-order valence-corrected chi connectivity index (χ2v) is 6.37. The zero-order chi connectivity index (χ0) is 17.2. The van der Waals surface area contributed by atoms with Crippen LogP contribution in [0.2, 0.25) is 0 Å². The molecule has 0 radical (unpaired) electrons. The van der Waals surface area contributed by atoms with Crippen LogP contribution in [-0.2, 0) is 4.79 Å². The summed E-state index contributed by atoms with van der Waals surface area (Å²) < 4.78 is 0.991. The number of carbonyl (C=O) groups excluding carboxylic acids is 2. The van der Waals surface area contributed by atoms with Gasteiger partial charge in [0.25, 0.3) is 5.91 Å². The number of anilines is 1. The van der Waals surface area contributed by atoms with Gasteiger partial charge < -0.3 is 10.6 Å². The van der Waals surface area contributed by atoms with Crippen LogP contribution in [0.15, 0.2) is 48.5 Å². The third kappa shape index (κ3) is 3.07. The van der Waals surface area contributed by atoms with E-state index in [2.05, 4.69) is 25.8 Å². The first-order valence-electron chi connectivity index (χ1n) is 7.57. The number of benzene rings is 2. The monoisotopic (exact) mass is 351 g/mol. The van der Waals surface area contributed by atoms with E-state index in [1.807, 2.05) is 42.5 Å². The Bertz CT molecular complexity index is 1050. The molecule has 2 aromatic carbocycles. The highest BCUT2D eigenvalue weighted by Gasteiger charge is 2.15. The number of aromatic amines is 1. The molecule has 0 aliphatic heterocycles. The van der Waals surface area contributed by atoms with Crippen molar-refractivity contribution < 1.29 is 9.59 Å². The van der Waals surface area contributed by atoms with E-state index in [0.717, 1.165) is 15.7 Å². The molecule has 0 saturated heterocycles. The van der Waals surface area contributed by atoms with Gasteiger partial charge in [0.15, 0.2) is 10.8 Å². The maximum Gasteiger partial charge on any atom is 0.272 e. The Kier molecular flexibility index (Phi) is 3.87. The fraction of sp³-hybridized carbons (Fsp3) is 0.0588. The minimum Gasteiger partial charge on any atom is -0.342 e. The first kappa shape index (κ1) is 15.3. The molecule has 0 fully saturated rings. The maximum atomic E-state index is 12.2. The molecular weight excluding hydrogens is 338 g/mol. The van der Waals surface area contributed by atoms with Crippen LogP contribution in [-0.4, -0.2) is 33.5 Å². The molecule has 7 nitrogen and oxygen atoms in total. The molecule has 0 unspecified atom stereocenters. The van der Waals surface area contributed by atoms with E-state index >= 15 is 0 Å². The molecule has 0 aliphatic rings. The molecule has 0 saturated carbocycles. The van der Waals surface area contributed by atoms with Crippen LogP contribution >= 0.6 is 11.3 Å². The summed E-state index contributed by atoms with van der Waals surface area (Å²) in [5.41, 5.74) is 1.87. The summed E-state index contributed by atoms with van der Waals surface area (Å²) in [4.78, 5) is 28.6.